The fraction of sp³-hybridized carbons (Fsp3) is 0.474. The van der Waals surface area contributed by atoms with E-state index in [9.17, 15) is 9.18 Å². The van der Waals surface area contributed by atoms with Crippen molar-refractivity contribution < 1.29 is 13.9 Å². The van der Waals surface area contributed by atoms with E-state index in [0.717, 1.165) is 26.1 Å². The van der Waals surface area contributed by atoms with E-state index in [0.29, 0.717) is 13.1 Å². The SMILES string of the molecule is O=C(COc1ccccc1F)N1CCN(Cc2nc3c(s2)CCC3)CC1. The van der Waals surface area contributed by atoms with Crippen LogP contribution in [0, 0.1) is 5.82 Å². The van der Waals surface area contributed by atoms with Gasteiger partial charge in [0, 0.05) is 31.1 Å². The fourth-order valence-electron chi connectivity index (χ4n) is 3.45. The number of piperazine rings is 1. The molecule has 4 rings (SSSR count). The number of nitrogens with zero attached hydrogens (tertiary/aromatic N) is 3. The van der Waals surface area contributed by atoms with Crippen LogP contribution >= 0.6 is 11.3 Å². The zero-order valence-electron chi connectivity index (χ0n) is 14.6. The van der Waals surface area contributed by atoms with Crippen molar-refractivity contribution >= 4 is 17.2 Å². The first-order chi connectivity index (χ1) is 12.7. The highest BCUT2D eigenvalue weighted by molar-refractivity contribution is 7.11. The third kappa shape index (κ3) is 3.88. The van der Waals surface area contributed by atoms with Gasteiger partial charge in [-0.25, -0.2) is 9.37 Å². The standard InChI is InChI=1S/C19H22FN3O2S/c20-14-4-1-2-6-16(14)25-13-19(24)23-10-8-22(9-11-23)12-18-21-15-5-3-7-17(15)26-18/h1-2,4,6H,3,5,7-13H2. The maximum atomic E-state index is 13.5. The lowest BCUT2D eigenvalue weighted by Gasteiger charge is -2.34. The van der Waals surface area contributed by atoms with Gasteiger partial charge in [-0.3, -0.25) is 9.69 Å². The zero-order valence-corrected chi connectivity index (χ0v) is 15.4. The van der Waals surface area contributed by atoms with E-state index >= 15 is 0 Å². The monoisotopic (exact) mass is 375 g/mol. The number of aromatic nitrogens is 1. The Bertz CT molecular complexity index is 765. The molecule has 0 atom stereocenters. The second kappa shape index (κ2) is 7.72. The van der Waals surface area contributed by atoms with Crippen molar-refractivity contribution in [2.75, 3.05) is 32.8 Å². The van der Waals surface area contributed by atoms with Crippen molar-refractivity contribution in [3.05, 3.63) is 45.7 Å². The normalized spacial score (nSPS) is 17.3. The molecule has 1 aromatic carbocycles. The van der Waals surface area contributed by atoms with Crippen LogP contribution in [0.4, 0.5) is 4.39 Å². The van der Waals surface area contributed by atoms with Crippen molar-refractivity contribution in [3.63, 3.8) is 0 Å². The lowest BCUT2D eigenvalue weighted by molar-refractivity contribution is -0.135. The number of benzene rings is 1. The minimum Gasteiger partial charge on any atom is -0.481 e. The van der Waals surface area contributed by atoms with Crippen LogP contribution < -0.4 is 4.74 Å². The topological polar surface area (TPSA) is 45.7 Å². The van der Waals surface area contributed by atoms with E-state index in [1.807, 2.05) is 11.3 Å². The van der Waals surface area contributed by atoms with Crippen LogP contribution in [-0.4, -0.2) is 53.5 Å². The summed E-state index contributed by atoms with van der Waals surface area (Å²) in [5, 5.41) is 1.19. The number of rotatable bonds is 5. The van der Waals surface area contributed by atoms with E-state index < -0.39 is 5.82 Å². The van der Waals surface area contributed by atoms with Gasteiger partial charge in [0.2, 0.25) is 0 Å². The molecule has 2 aromatic rings. The first-order valence-electron chi connectivity index (χ1n) is 9.04. The van der Waals surface area contributed by atoms with Crippen LogP contribution in [0.25, 0.3) is 0 Å². The van der Waals surface area contributed by atoms with Crippen molar-refractivity contribution in [1.82, 2.24) is 14.8 Å². The van der Waals surface area contributed by atoms with Gasteiger partial charge in [-0.2, -0.15) is 0 Å². The Labute approximate surface area is 156 Å². The minimum atomic E-state index is -0.444. The molecule has 5 nitrogen and oxygen atoms in total. The zero-order chi connectivity index (χ0) is 17.9. The summed E-state index contributed by atoms with van der Waals surface area (Å²) < 4.78 is 18.9. The second-order valence-corrected chi connectivity index (χ2v) is 7.88. The van der Waals surface area contributed by atoms with Gasteiger partial charge < -0.3 is 9.64 Å². The van der Waals surface area contributed by atoms with Crippen LogP contribution in [0.3, 0.4) is 0 Å². The quantitative estimate of drug-likeness (QED) is 0.806. The number of ether oxygens (including phenoxy) is 1. The average Bonchev–Trinajstić information content (AvgIpc) is 3.23. The number of hydrogen-bond acceptors (Lipinski definition) is 5. The molecular formula is C19H22FN3O2S. The molecule has 0 unspecified atom stereocenters. The minimum absolute atomic E-state index is 0.0962. The van der Waals surface area contributed by atoms with E-state index in [1.165, 1.54) is 40.6 Å². The molecule has 1 amide bonds. The molecule has 2 heterocycles. The van der Waals surface area contributed by atoms with Crippen LogP contribution in [0.5, 0.6) is 5.75 Å². The Morgan fingerprint density at radius 2 is 2.00 bits per heavy atom. The Morgan fingerprint density at radius 3 is 2.77 bits per heavy atom. The van der Waals surface area contributed by atoms with Gasteiger partial charge in [-0.1, -0.05) is 12.1 Å². The van der Waals surface area contributed by atoms with Crippen LogP contribution in [0.15, 0.2) is 24.3 Å². The molecule has 1 aliphatic carbocycles. The molecule has 0 saturated carbocycles. The summed E-state index contributed by atoms with van der Waals surface area (Å²) >= 11 is 1.84. The van der Waals surface area contributed by atoms with Crippen molar-refractivity contribution in [3.8, 4) is 5.75 Å². The number of aryl methyl sites for hydroxylation is 2. The summed E-state index contributed by atoms with van der Waals surface area (Å²) in [7, 11) is 0. The van der Waals surface area contributed by atoms with Gasteiger partial charge in [0.05, 0.1) is 12.2 Å². The third-order valence-corrected chi connectivity index (χ3v) is 6.05. The number of hydrogen-bond donors (Lipinski definition) is 0. The van der Waals surface area contributed by atoms with Crippen LogP contribution in [-0.2, 0) is 24.2 Å². The predicted octanol–water partition coefficient (Wildman–Crippen LogP) is 2.49. The maximum Gasteiger partial charge on any atom is 0.260 e. The number of para-hydroxylation sites is 1. The highest BCUT2D eigenvalue weighted by atomic mass is 32.1. The average molecular weight is 375 g/mol. The second-order valence-electron chi connectivity index (χ2n) is 6.71. The molecule has 0 bridgehead atoms. The molecule has 1 aliphatic heterocycles. The number of fused-ring (bicyclic) bond motifs is 1. The molecule has 1 saturated heterocycles. The Balaban J connectivity index is 1.24. The van der Waals surface area contributed by atoms with Crippen molar-refractivity contribution in [2.24, 2.45) is 0 Å². The largest absolute Gasteiger partial charge is 0.481 e. The number of amides is 1. The smallest absolute Gasteiger partial charge is 0.260 e. The summed E-state index contributed by atoms with van der Waals surface area (Å²) in [5.41, 5.74) is 1.30. The molecule has 0 spiro atoms. The molecule has 138 valence electrons. The summed E-state index contributed by atoms with van der Waals surface area (Å²) in [5.74, 6) is -0.419. The number of carbonyl (C=O) groups is 1. The Kier molecular flexibility index (Phi) is 5.17. The van der Waals surface area contributed by atoms with Gasteiger partial charge in [0.25, 0.3) is 5.91 Å². The number of carbonyl (C=O) groups excluding carboxylic acids is 1. The molecule has 2 aliphatic rings. The molecule has 7 heteroatoms. The highest BCUT2D eigenvalue weighted by Gasteiger charge is 2.23. The highest BCUT2D eigenvalue weighted by Crippen LogP contribution is 2.28. The predicted molar refractivity (Wildman–Crippen MR) is 97.9 cm³/mol. The molecule has 1 aromatic heterocycles. The first-order valence-corrected chi connectivity index (χ1v) is 9.85. The number of thiazole rings is 1. The molecular weight excluding hydrogens is 353 g/mol. The number of halogens is 1. The fourth-order valence-corrected chi connectivity index (χ4v) is 4.65. The third-order valence-electron chi connectivity index (χ3n) is 4.91. The van der Waals surface area contributed by atoms with Gasteiger partial charge in [-0.15, -0.1) is 11.3 Å². The van der Waals surface area contributed by atoms with E-state index in [2.05, 4.69) is 4.90 Å². The first kappa shape index (κ1) is 17.4. The summed E-state index contributed by atoms with van der Waals surface area (Å²) in [6, 6.07) is 6.15. The summed E-state index contributed by atoms with van der Waals surface area (Å²) in [6.07, 6.45) is 3.54. The van der Waals surface area contributed by atoms with Gasteiger partial charge in [0.15, 0.2) is 18.2 Å². The summed E-state index contributed by atoms with van der Waals surface area (Å²) in [6.45, 7) is 3.74. The van der Waals surface area contributed by atoms with Crippen LogP contribution in [0.2, 0.25) is 0 Å². The molecule has 0 N–H and O–H groups in total. The van der Waals surface area contributed by atoms with Crippen molar-refractivity contribution in [2.45, 2.75) is 25.8 Å². The van der Waals surface area contributed by atoms with E-state index in [-0.39, 0.29) is 18.3 Å². The molecule has 1 fully saturated rings. The van der Waals surface area contributed by atoms with Crippen LogP contribution in [0.1, 0.15) is 22.0 Å². The van der Waals surface area contributed by atoms with Gasteiger partial charge in [0.1, 0.15) is 5.01 Å². The van der Waals surface area contributed by atoms with E-state index in [1.54, 1.807) is 17.0 Å². The molecule has 26 heavy (non-hydrogen) atoms. The lowest BCUT2D eigenvalue weighted by atomic mass is 10.3. The van der Waals surface area contributed by atoms with Gasteiger partial charge >= 0.3 is 0 Å². The van der Waals surface area contributed by atoms with Crippen molar-refractivity contribution in [1.29, 1.82) is 0 Å². The Morgan fingerprint density at radius 1 is 1.19 bits per heavy atom. The Hall–Kier alpha value is -1.99. The molecule has 0 radical (unpaired) electrons. The van der Waals surface area contributed by atoms with Gasteiger partial charge in [-0.05, 0) is 31.4 Å². The maximum absolute atomic E-state index is 13.5. The van der Waals surface area contributed by atoms with E-state index in [4.69, 9.17) is 9.72 Å². The summed E-state index contributed by atoms with van der Waals surface area (Å²) in [4.78, 5) is 22.6. The lowest BCUT2D eigenvalue weighted by Crippen LogP contribution is -2.49.